The van der Waals surface area contributed by atoms with Gasteiger partial charge in [0.25, 0.3) is 0 Å². The smallest absolute Gasteiger partial charge is 0.356 e. The highest BCUT2D eigenvalue weighted by Gasteiger charge is 2.20. The molecule has 0 amide bonds. The van der Waals surface area contributed by atoms with E-state index in [4.69, 9.17) is 0 Å². The number of pyridine rings is 1. The molecular weight excluding hydrogens is 327 g/mol. The Morgan fingerprint density at radius 2 is 1.65 bits per heavy atom. The van der Waals surface area contributed by atoms with Crippen LogP contribution in [0.5, 0.6) is 0 Å². The first-order valence-electron chi connectivity index (χ1n) is 6.76. The maximum atomic E-state index is 14.0. The molecule has 0 atom stereocenters. The van der Waals surface area contributed by atoms with Gasteiger partial charge in [-0.05, 0) is 30.5 Å². The van der Waals surface area contributed by atoms with Gasteiger partial charge in [-0.25, -0.2) is 22.9 Å². The lowest BCUT2D eigenvalue weighted by Crippen LogP contribution is -2.07. The number of ether oxygens (including phenoxy) is 1. The van der Waals surface area contributed by atoms with Crippen LogP contribution in [0.25, 0.3) is 11.3 Å². The largest absolute Gasteiger partial charge is 0.464 e. The van der Waals surface area contributed by atoms with Crippen LogP contribution in [0.3, 0.4) is 0 Å². The van der Waals surface area contributed by atoms with E-state index in [0.29, 0.717) is 4.90 Å². The predicted octanol–water partition coefficient (Wildman–Crippen LogP) is 4.70. The number of rotatable bonds is 3. The molecule has 1 heterocycles. The lowest BCUT2D eigenvalue weighted by molar-refractivity contribution is 0.0594. The summed E-state index contributed by atoms with van der Waals surface area (Å²) >= 11 is 1.15. The fraction of sp³-hybridized carbons (Fsp3) is 0.250. The minimum absolute atomic E-state index is 0.235. The molecule has 0 aliphatic carbocycles. The van der Waals surface area contributed by atoms with Crippen LogP contribution in [-0.2, 0) is 4.74 Å². The summed E-state index contributed by atoms with van der Waals surface area (Å²) in [5.74, 6) is -3.66. The molecule has 0 fully saturated rings. The number of halogens is 3. The number of methoxy groups -OCH3 is 1. The van der Waals surface area contributed by atoms with Crippen LogP contribution in [0.15, 0.2) is 29.2 Å². The predicted molar refractivity (Wildman–Crippen MR) is 84.0 cm³/mol. The fourth-order valence-corrected chi connectivity index (χ4v) is 2.17. The summed E-state index contributed by atoms with van der Waals surface area (Å²) in [6.07, 6.45) is 1.66. The minimum atomic E-state index is -0.951. The van der Waals surface area contributed by atoms with E-state index in [2.05, 4.69) is 9.72 Å². The van der Waals surface area contributed by atoms with Gasteiger partial charge in [0, 0.05) is 4.90 Å². The second kappa shape index (κ2) is 8.57. The first-order valence-corrected chi connectivity index (χ1v) is 7.98. The summed E-state index contributed by atoms with van der Waals surface area (Å²) < 4.78 is 46.3. The lowest BCUT2D eigenvalue weighted by Gasteiger charge is -2.09. The van der Waals surface area contributed by atoms with Gasteiger partial charge in [0.2, 0.25) is 0 Å². The van der Waals surface area contributed by atoms with E-state index >= 15 is 0 Å². The zero-order valence-electron chi connectivity index (χ0n) is 13.1. The number of benzene rings is 1. The van der Waals surface area contributed by atoms with E-state index < -0.39 is 34.7 Å². The molecule has 0 saturated heterocycles. The molecule has 3 nitrogen and oxygen atoms in total. The molecule has 2 aromatic rings. The van der Waals surface area contributed by atoms with Crippen molar-refractivity contribution < 1.29 is 22.7 Å². The fourth-order valence-electron chi connectivity index (χ4n) is 1.73. The molecule has 7 heteroatoms. The van der Waals surface area contributed by atoms with E-state index in [1.165, 1.54) is 0 Å². The molecule has 1 aromatic carbocycles. The molecule has 2 rings (SSSR count). The van der Waals surface area contributed by atoms with Crippen LogP contribution in [0, 0.1) is 17.5 Å². The second-order valence-electron chi connectivity index (χ2n) is 3.98. The monoisotopic (exact) mass is 343 g/mol. The van der Waals surface area contributed by atoms with Crippen molar-refractivity contribution in [3.63, 3.8) is 0 Å². The van der Waals surface area contributed by atoms with Gasteiger partial charge in [0.15, 0.2) is 0 Å². The highest BCUT2D eigenvalue weighted by atomic mass is 32.2. The molecule has 0 aliphatic heterocycles. The van der Waals surface area contributed by atoms with Crippen LogP contribution >= 0.6 is 11.8 Å². The lowest BCUT2D eigenvalue weighted by atomic mass is 10.1. The molecule has 23 heavy (non-hydrogen) atoms. The van der Waals surface area contributed by atoms with Crippen molar-refractivity contribution >= 4 is 17.7 Å². The number of carbonyl (C=O) groups excluding carboxylic acids is 1. The van der Waals surface area contributed by atoms with Gasteiger partial charge in [0.05, 0.1) is 12.7 Å². The average molecular weight is 343 g/mol. The van der Waals surface area contributed by atoms with E-state index in [1.807, 2.05) is 13.8 Å². The third-order valence-corrected chi connectivity index (χ3v) is 3.44. The van der Waals surface area contributed by atoms with Gasteiger partial charge in [0.1, 0.15) is 28.8 Å². The van der Waals surface area contributed by atoms with Crippen LogP contribution in [0.4, 0.5) is 13.2 Å². The summed E-state index contributed by atoms with van der Waals surface area (Å²) in [5, 5.41) is 0. The number of hydrogen-bond donors (Lipinski definition) is 0. The van der Waals surface area contributed by atoms with Crippen molar-refractivity contribution in [2.24, 2.45) is 0 Å². The Labute approximate surface area is 136 Å². The number of thioether (sulfide) groups is 1. The molecule has 0 spiro atoms. The molecule has 124 valence electrons. The maximum absolute atomic E-state index is 14.0. The summed E-state index contributed by atoms with van der Waals surface area (Å²) in [6, 6.07) is 4.15. The normalized spacial score (nSPS) is 9.87. The van der Waals surface area contributed by atoms with Gasteiger partial charge < -0.3 is 4.74 Å². The van der Waals surface area contributed by atoms with Crippen molar-refractivity contribution in [3.05, 3.63) is 47.4 Å². The van der Waals surface area contributed by atoms with Gasteiger partial charge in [-0.3, -0.25) is 0 Å². The van der Waals surface area contributed by atoms with E-state index in [9.17, 15) is 18.0 Å². The van der Waals surface area contributed by atoms with E-state index in [-0.39, 0.29) is 5.69 Å². The Bertz CT molecular complexity index is 685. The Balaban J connectivity index is 0.00000127. The number of carbonyl (C=O) groups is 1. The highest BCUT2D eigenvalue weighted by molar-refractivity contribution is 7.98. The third-order valence-electron chi connectivity index (χ3n) is 2.73. The third kappa shape index (κ3) is 4.25. The van der Waals surface area contributed by atoms with E-state index in [0.717, 1.165) is 43.1 Å². The summed E-state index contributed by atoms with van der Waals surface area (Å²) in [5.41, 5.74) is -1.42. The highest BCUT2D eigenvalue weighted by Crippen LogP contribution is 2.30. The first-order chi connectivity index (χ1) is 11.0. The molecule has 0 aliphatic rings. The van der Waals surface area contributed by atoms with Gasteiger partial charge in [-0.2, -0.15) is 0 Å². The molecular formula is C16H16F3NO2S. The van der Waals surface area contributed by atoms with Crippen LogP contribution < -0.4 is 0 Å². The van der Waals surface area contributed by atoms with Gasteiger partial charge in [-0.1, -0.05) is 13.8 Å². The standard InChI is InChI=1S/C14H10F3NO2S.C2H6/c1-20-14(19)11-4-3-8(15)13(18-11)12-9(16)5-7(21-2)6-10(12)17;1-2/h3-6H,1-2H3;1-2H3. The topological polar surface area (TPSA) is 39.2 Å². The Kier molecular flexibility index (Phi) is 7.09. The molecule has 0 bridgehead atoms. The molecule has 0 saturated carbocycles. The van der Waals surface area contributed by atoms with Crippen LogP contribution in [-0.4, -0.2) is 24.3 Å². The number of aromatic nitrogens is 1. The summed E-state index contributed by atoms with van der Waals surface area (Å²) in [7, 11) is 1.13. The molecule has 0 radical (unpaired) electrons. The van der Waals surface area contributed by atoms with Crippen molar-refractivity contribution in [2.75, 3.05) is 13.4 Å². The van der Waals surface area contributed by atoms with Crippen molar-refractivity contribution in [2.45, 2.75) is 18.7 Å². The van der Waals surface area contributed by atoms with Gasteiger partial charge >= 0.3 is 5.97 Å². The zero-order valence-corrected chi connectivity index (χ0v) is 13.9. The Hall–Kier alpha value is -2.02. The first kappa shape index (κ1) is 19.0. The average Bonchev–Trinajstić information content (AvgIpc) is 2.56. The summed E-state index contributed by atoms with van der Waals surface area (Å²) in [4.78, 5) is 15.4. The molecule has 0 N–H and O–H groups in total. The van der Waals surface area contributed by atoms with Gasteiger partial charge in [-0.15, -0.1) is 11.8 Å². The van der Waals surface area contributed by atoms with Crippen LogP contribution in [0.2, 0.25) is 0 Å². The van der Waals surface area contributed by atoms with Crippen molar-refractivity contribution in [1.29, 1.82) is 0 Å². The number of hydrogen-bond acceptors (Lipinski definition) is 4. The minimum Gasteiger partial charge on any atom is -0.464 e. The Morgan fingerprint density at radius 3 is 2.13 bits per heavy atom. The van der Waals surface area contributed by atoms with Crippen LogP contribution in [0.1, 0.15) is 24.3 Å². The number of nitrogens with zero attached hydrogens (tertiary/aromatic N) is 1. The van der Waals surface area contributed by atoms with Crippen molar-refractivity contribution in [3.8, 4) is 11.3 Å². The second-order valence-corrected chi connectivity index (χ2v) is 4.86. The SMILES string of the molecule is CC.COC(=O)c1ccc(F)c(-c2c(F)cc(SC)cc2F)n1. The Morgan fingerprint density at radius 1 is 1.09 bits per heavy atom. The molecule has 1 aromatic heterocycles. The summed E-state index contributed by atoms with van der Waals surface area (Å²) in [6.45, 7) is 4.00. The molecule has 0 unspecified atom stereocenters. The van der Waals surface area contributed by atoms with Crippen molar-refractivity contribution in [1.82, 2.24) is 4.98 Å². The zero-order chi connectivity index (χ0) is 17.6. The van der Waals surface area contributed by atoms with E-state index in [1.54, 1.807) is 6.26 Å². The quantitative estimate of drug-likeness (QED) is 0.598. The maximum Gasteiger partial charge on any atom is 0.356 e. The number of esters is 1.